The van der Waals surface area contributed by atoms with E-state index in [1.807, 2.05) is 24.3 Å². The van der Waals surface area contributed by atoms with E-state index in [1.165, 1.54) is 24.4 Å². The SMILES string of the molecule is CC[NH+]1CCN(c2ccc(NC(=O)CNc3cccc([N+](=O)[O-])c3)cc2)CC1. The second kappa shape index (κ2) is 9.18. The van der Waals surface area contributed by atoms with Crippen molar-refractivity contribution in [1.29, 1.82) is 0 Å². The summed E-state index contributed by atoms with van der Waals surface area (Å²) in [6, 6.07) is 14.0. The highest BCUT2D eigenvalue weighted by Gasteiger charge is 2.18. The first-order valence-corrected chi connectivity index (χ1v) is 9.52. The quantitative estimate of drug-likeness (QED) is 0.495. The predicted octanol–water partition coefficient (Wildman–Crippen LogP) is 1.37. The van der Waals surface area contributed by atoms with Crippen molar-refractivity contribution in [3.63, 3.8) is 0 Å². The van der Waals surface area contributed by atoms with Crippen molar-refractivity contribution in [2.24, 2.45) is 0 Å². The smallest absolute Gasteiger partial charge is 0.271 e. The number of carbonyl (C=O) groups is 1. The standard InChI is InChI=1S/C20H25N5O3/c1-2-23-10-12-24(13-11-23)18-8-6-16(7-9-18)22-20(26)15-21-17-4-3-5-19(14-17)25(27)28/h3-9,14,21H,2,10-13,15H2,1H3,(H,22,26)/p+1. The van der Waals surface area contributed by atoms with E-state index in [-0.39, 0.29) is 18.1 Å². The third kappa shape index (κ3) is 5.20. The summed E-state index contributed by atoms with van der Waals surface area (Å²) in [6.45, 7) is 7.81. The first kappa shape index (κ1) is 19.6. The van der Waals surface area contributed by atoms with Gasteiger partial charge < -0.3 is 20.4 Å². The molecule has 0 bridgehead atoms. The summed E-state index contributed by atoms with van der Waals surface area (Å²) in [5, 5.41) is 16.5. The normalized spacial score (nSPS) is 14.5. The van der Waals surface area contributed by atoms with Crippen LogP contribution in [0.25, 0.3) is 0 Å². The van der Waals surface area contributed by atoms with E-state index >= 15 is 0 Å². The van der Waals surface area contributed by atoms with E-state index in [0.29, 0.717) is 5.69 Å². The Kier molecular flexibility index (Phi) is 6.44. The molecule has 28 heavy (non-hydrogen) atoms. The fraction of sp³-hybridized carbons (Fsp3) is 0.350. The third-order valence-corrected chi connectivity index (χ3v) is 5.00. The van der Waals surface area contributed by atoms with Gasteiger partial charge >= 0.3 is 0 Å². The number of likely N-dealkylation sites (N-methyl/N-ethyl adjacent to an activating group) is 1. The molecule has 8 heteroatoms. The minimum atomic E-state index is -0.462. The number of hydrogen-bond donors (Lipinski definition) is 3. The molecule has 2 aromatic rings. The number of non-ortho nitro benzene ring substituents is 1. The van der Waals surface area contributed by atoms with Crippen molar-refractivity contribution in [2.45, 2.75) is 6.92 Å². The van der Waals surface area contributed by atoms with Gasteiger partial charge in [0.1, 0.15) is 0 Å². The van der Waals surface area contributed by atoms with Crippen LogP contribution in [0.5, 0.6) is 0 Å². The van der Waals surface area contributed by atoms with Gasteiger partial charge in [-0.05, 0) is 37.3 Å². The summed E-state index contributed by atoms with van der Waals surface area (Å²) in [6.07, 6.45) is 0. The summed E-state index contributed by atoms with van der Waals surface area (Å²) in [5.41, 5.74) is 2.42. The van der Waals surface area contributed by atoms with Crippen LogP contribution in [-0.2, 0) is 4.79 Å². The highest BCUT2D eigenvalue weighted by atomic mass is 16.6. The lowest BCUT2D eigenvalue weighted by atomic mass is 10.2. The second-order valence-electron chi connectivity index (χ2n) is 6.85. The number of anilines is 3. The molecule has 1 heterocycles. The molecule has 1 aliphatic rings. The second-order valence-corrected chi connectivity index (χ2v) is 6.85. The number of piperazine rings is 1. The van der Waals surface area contributed by atoms with E-state index in [2.05, 4.69) is 22.5 Å². The van der Waals surface area contributed by atoms with Gasteiger partial charge in [-0.15, -0.1) is 0 Å². The van der Waals surface area contributed by atoms with Gasteiger partial charge in [-0.1, -0.05) is 6.07 Å². The molecular weight excluding hydrogens is 358 g/mol. The monoisotopic (exact) mass is 384 g/mol. The molecule has 3 rings (SSSR count). The number of quaternary nitrogens is 1. The highest BCUT2D eigenvalue weighted by molar-refractivity contribution is 5.93. The zero-order valence-electron chi connectivity index (χ0n) is 16.0. The van der Waals surface area contributed by atoms with Crippen LogP contribution in [0.4, 0.5) is 22.7 Å². The Morgan fingerprint density at radius 1 is 1.14 bits per heavy atom. The lowest BCUT2D eigenvalue weighted by molar-refractivity contribution is -0.898. The Bertz CT molecular complexity index is 817. The molecule has 1 amide bonds. The van der Waals surface area contributed by atoms with Crippen molar-refractivity contribution in [3.05, 3.63) is 58.6 Å². The molecule has 0 unspecified atom stereocenters. The predicted molar refractivity (Wildman–Crippen MR) is 110 cm³/mol. The van der Waals surface area contributed by atoms with Crippen LogP contribution in [-0.4, -0.2) is 50.1 Å². The molecule has 0 radical (unpaired) electrons. The average Bonchev–Trinajstić information content (AvgIpc) is 2.73. The Hall–Kier alpha value is -3.13. The summed E-state index contributed by atoms with van der Waals surface area (Å²) in [4.78, 5) is 26.5. The fourth-order valence-electron chi connectivity index (χ4n) is 3.31. The number of nitrogens with zero attached hydrogens (tertiary/aromatic N) is 2. The average molecular weight is 384 g/mol. The van der Waals surface area contributed by atoms with E-state index < -0.39 is 4.92 Å². The Morgan fingerprint density at radius 3 is 2.50 bits per heavy atom. The van der Waals surface area contributed by atoms with Crippen LogP contribution in [0.3, 0.4) is 0 Å². The van der Waals surface area contributed by atoms with Gasteiger partial charge in [-0.2, -0.15) is 0 Å². The minimum Gasteiger partial charge on any atom is -0.376 e. The fourth-order valence-corrected chi connectivity index (χ4v) is 3.31. The first-order valence-electron chi connectivity index (χ1n) is 9.52. The highest BCUT2D eigenvalue weighted by Crippen LogP contribution is 2.19. The van der Waals surface area contributed by atoms with Crippen LogP contribution in [0, 0.1) is 10.1 Å². The number of rotatable bonds is 7. The summed E-state index contributed by atoms with van der Waals surface area (Å²) < 4.78 is 0. The zero-order valence-corrected chi connectivity index (χ0v) is 16.0. The number of hydrogen-bond acceptors (Lipinski definition) is 5. The van der Waals surface area contributed by atoms with Gasteiger partial charge in [-0.25, -0.2) is 0 Å². The van der Waals surface area contributed by atoms with Crippen molar-refractivity contribution in [3.8, 4) is 0 Å². The van der Waals surface area contributed by atoms with Gasteiger partial charge in [0.25, 0.3) is 5.69 Å². The molecule has 0 aliphatic carbocycles. The molecule has 0 atom stereocenters. The number of nitro benzene ring substituents is 1. The van der Waals surface area contributed by atoms with Crippen molar-refractivity contribution < 1.29 is 14.6 Å². The van der Waals surface area contributed by atoms with Crippen LogP contribution in [0.2, 0.25) is 0 Å². The maximum absolute atomic E-state index is 12.1. The van der Waals surface area contributed by atoms with Gasteiger partial charge in [0.15, 0.2) is 0 Å². The lowest BCUT2D eigenvalue weighted by Crippen LogP contribution is -3.14. The minimum absolute atomic E-state index is 0.0117. The van der Waals surface area contributed by atoms with E-state index in [4.69, 9.17) is 0 Å². The molecule has 0 aromatic heterocycles. The summed E-state index contributed by atoms with van der Waals surface area (Å²) >= 11 is 0. The number of benzene rings is 2. The Morgan fingerprint density at radius 2 is 1.86 bits per heavy atom. The molecular formula is C20H26N5O3+. The zero-order chi connectivity index (χ0) is 19.9. The van der Waals surface area contributed by atoms with Crippen molar-refractivity contribution in [2.75, 3.05) is 54.8 Å². The largest absolute Gasteiger partial charge is 0.376 e. The molecule has 3 N–H and O–H groups in total. The molecule has 1 fully saturated rings. The van der Waals surface area contributed by atoms with Gasteiger partial charge in [0, 0.05) is 29.2 Å². The molecule has 0 saturated carbocycles. The summed E-state index contributed by atoms with van der Waals surface area (Å²) in [7, 11) is 0. The molecule has 2 aromatic carbocycles. The van der Waals surface area contributed by atoms with Gasteiger partial charge in [-0.3, -0.25) is 14.9 Å². The van der Waals surface area contributed by atoms with Crippen LogP contribution < -0.4 is 20.4 Å². The third-order valence-electron chi connectivity index (χ3n) is 5.00. The lowest BCUT2D eigenvalue weighted by Gasteiger charge is -2.33. The van der Waals surface area contributed by atoms with Crippen LogP contribution in [0.1, 0.15) is 6.92 Å². The Labute approximate surface area is 164 Å². The van der Waals surface area contributed by atoms with Gasteiger partial charge in [0.2, 0.25) is 5.91 Å². The van der Waals surface area contributed by atoms with Crippen LogP contribution in [0.15, 0.2) is 48.5 Å². The summed E-state index contributed by atoms with van der Waals surface area (Å²) in [5.74, 6) is -0.209. The van der Waals surface area contributed by atoms with E-state index in [9.17, 15) is 14.9 Å². The number of nitrogens with one attached hydrogen (secondary N) is 3. The molecule has 8 nitrogen and oxygen atoms in total. The van der Waals surface area contributed by atoms with Gasteiger partial charge in [0.05, 0.1) is 44.2 Å². The molecule has 1 aliphatic heterocycles. The topological polar surface area (TPSA) is 92.0 Å². The van der Waals surface area contributed by atoms with Crippen molar-refractivity contribution >= 4 is 28.7 Å². The molecule has 0 spiro atoms. The first-order chi connectivity index (χ1) is 13.5. The molecule has 1 saturated heterocycles. The number of amides is 1. The number of nitro groups is 1. The van der Waals surface area contributed by atoms with Crippen LogP contribution >= 0.6 is 0 Å². The van der Waals surface area contributed by atoms with E-state index in [1.54, 1.807) is 17.0 Å². The van der Waals surface area contributed by atoms with E-state index in [0.717, 1.165) is 31.9 Å². The maximum atomic E-state index is 12.1. The number of carbonyl (C=O) groups excluding carboxylic acids is 1. The molecule has 148 valence electrons. The van der Waals surface area contributed by atoms with Crippen molar-refractivity contribution in [1.82, 2.24) is 0 Å². The maximum Gasteiger partial charge on any atom is 0.271 e. The Balaban J connectivity index is 1.49.